The molecule has 0 bridgehead atoms. The second kappa shape index (κ2) is 5.68. The van der Waals surface area contributed by atoms with Crippen molar-refractivity contribution in [2.45, 2.75) is 45.6 Å². The van der Waals surface area contributed by atoms with Crippen LogP contribution in [0.2, 0.25) is 0 Å². The largest absolute Gasteiger partial charge is 0.369 e. The van der Waals surface area contributed by atoms with Gasteiger partial charge in [0.1, 0.15) is 5.82 Å². The smallest absolute Gasteiger partial charge is 0.133 e. The van der Waals surface area contributed by atoms with Crippen LogP contribution in [0.4, 0.5) is 5.82 Å². The van der Waals surface area contributed by atoms with Gasteiger partial charge in [-0.15, -0.1) is 0 Å². The predicted octanol–water partition coefficient (Wildman–Crippen LogP) is 3.61. The molecule has 1 atom stereocenters. The van der Waals surface area contributed by atoms with E-state index in [1.54, 1.807) is 0 Å². The average Bonchev–Trinajstić information content (AvgIpc) is 3.11. The Bertz CT molecular complexity index is 731. The molecule has 122 valence electrons. The van der Waals surface area contributed by atoms with Crippen LogP contribution >= 0.6 is 0 Å². The number of aromatic nitrogens is 2. The van der Waals surface area contributed by atoms with Crippen LogP contribution in [0.25, 0.3) is 5.69 Å². The molecule has 2 aliphatic heterocycles. The fraction of sp³-hybridized carbons (Fsp3) is 0.526. The normalized spacial score (nSPS) is 21.3. The van der Waals surface area contributed by atoms with Gasteiger partial charge in [0.2, 0.25) is 0 Å². The van der Waals surface area contributed by atoms with Gasteiger partial charge in [-0.05, 0) is 58.3 Å². The van der Waals surface area contributed by atoms with Crippen LogP contribution in [-0.4, -0.2) is 34.8 Å². The van der Waals surface area contributed by atoms with Crippen molar-refractivity contribution >= 4 is 5.82 Å². The van der Waals surface area contributed by atoms with E-state index in [4.69, 9.17) is 5.10 Å². The maximum atomic E-state index is 5.08. The van der Waals surface area contributed by atoms with E-state index >= 15 is 0 Å². The summed E-state index contributed by atoms with van der Waals surface area (Å²) in [5.41, 5.74) is 6.52. The maximum absolute atomic E-state index is 5.08. The van der Waals surface area contributed by atoms with Crippen LogP contribution in [-0.2, 0) is 6.42 Å². The molecular weight excluding hydrogens is 284 g/mol. The quantitative estimate of drug-likeness (QED) is 0.920. The van der Waals surface area contributed by atoms with E-state index in [0.29, 0.717) is 6.04 Å². The Morgan fingerprint density at radius 3 is 2.87 bits per heavy atom. The minimum atomic E-state index is 0.476. The summed E-state index contributed by atoms with van der Waals surface area (Å²) in [5, 5.41) is 8.64. The van der Waals surface area contributed by atoms with E-state index < -0.39 is 0 Å². The number of likely N-dealkylation sites (tertiary alicyclic amines) is 1. The first-order chi connectivity index (χ1) is 11.1. The van der Waals surface area contributed by atoms with Gasteiger partial charge >= 0.3 is 0 Å². The monoisotopic (exact) mass is 310 g/mol. The van der Waals surface area contributed by atoms with Crippen molar-refractivity contribution in [1.82, 2.24) is 14.7 Å². The molecule has 1 saturated heterocycles. The number of aryl methyl sites for hydroxylation is 2. The van der Waals surface area contributed by atoms with E-state index in [-0.39, 0.29) is 0 Å². The highest BCUT2D eigenvalue weighted by Crippen LogP contribution is 2.37. The van der Waals surface area contributed by atoms with E-state index in [0.717, 1.165) is 13.0 Å². The van der Waals surface area contributed by atoms with Gasteiger partial charge in [0.25, 0.3) is 0 Å². The maximum Gasteiger partial charge on any atom is 0.133 e. The minimum absolute atomic E-state index is 0.476. The van der Waals surface area contributed by atoms with Crippen molar-refractivity contribution < 1.29 is 0 Å². The zero-order chi connectivity index (χ0) is 16.0. The third-order valence-electron chi connectivity index (χ3n) is 5.35. The van der Waals surface area contributed by atoms with Crippen molar-refractivity contribution in [3.8, 4) is 5.69 Å². The number of anilines is 1. The molecule has 0 aliphatic carbocycles. The fourth-order valence-corrected chi connectivity index (χ4v) is 4.11. The first kappa shape index (κ1) is 14.8. The molecule has 0 spiro atoms. The Hall–Kier alpha value is -1.81. The molecule has 1 aromatic heterocycles. The van der Waals surface area contributed by atoms with Crippen molar-refractivity contribution in [3.63, 3.8) is 0 Å². The summed E-state index contributed by atoms with van der Waals surface area (Å²) in [5.74, 6) is 1.21. The Morgan fingerprint density at radius 2 is 2.09 bits per heavy atom. The van der Waals surface area contributed by atoms with Gasteiger partial charge in [-0.25, -0.2) is 4.68 Å². The molecule has 4 rings (SSSR count). The Kier molecular flexibility index (Phi) is 3.64. The standard InChI is InChI=1S/C19H26N4/c1-13-7-8-16(14(2)12-13)23-19-15(9-10-20-19)18(21-23)17-6-4-5-11-22(17)3/h7-8,12,17,20H,4-6,9-11H2,1-3H3. The summed E-state index contributed by atoms with van der Waals surface area (Å²) < 4.78 is 2.15. The number of piperidine rings is 1. The Labute approximate surface area is 138 Å². The Balaban J connectivity index is 1.81. The van der Waals surface area contributed by atoms with Gasteiger partial charge < -0.3 is 5.32 Å². The van der Waals surface area contributed by atoms with Gasteiger partial charge in [-0.3, -0.25) is 4.90 Å². The number of rotatable bonds is 2. The molecule has 2 aliphatic rings. The van der Waals surface area contributed by atoms with Crippen molar-refractivity contribution in [3.05, 3.63) is 40.6 Å². The second-order valence-electron chi connectivity index (χ2n) is 7.08. The lowest BCUT2D eigenvalue weighted by Gasteiger charge is -2.31. The summed E-state index contributed by atoms with van der Waals surface area (Å²) in [6, 6.07) is 7.10. The molecule has 1 fully saturated rings. The molecule has 23 heavy (non-hydrogen) atoms. The SMILES string of the molecule is Cc1ccc(-n2nc(C3CCCCN3C)c3c2NCC3)c(C)c1. The molecule has 0 radical (unpaired) electrons. The summed E-state index contributed by atoms with van der Waals surface area (Å²) in [4.78, 5) is 2.48. The molecular formula is C19H26N4. The topological polar surface area (TPSA) is 33.1 Å². The van der Waals surface area contributed by atoms with Crippen molar-refractivity contribution in [2.24, 2.45) is 0 Å². The van der Waals surface area contributed by atoms with Gasteiger partial charge in [0.15, 0.2) is 0 Å². The zero-order valence-corrected chi connectivity index (χ0v) is 14.4. The minimum Gasteiger partial charge on any atom is -0.369 e. The van der Waals surface area contributed by atoms with E-state index in [1.807, 2.05) is 0 Å². The molecule has 0 amide bonds. The third-order valence-corrected chi connectivity index (χ3v) is 5.35. The third kappa shape index (κ3) is 2.45. The molecule has 1 aromatic carbocycles. The van der Waals surface area contributed by atoms with Crippen molar-refractivity contribution in [2.75, 3.05) is 25.5 Å². The summed E-state index contributed by atoms with van der Waals surface area (Å²) in [6.45, 7) is 6.54. The van der Waals surface area contributed by atoms with Crippen LogP contribution in [0.5, 0.6) is 0 Å². The van der Waals surface area contributed by atoms with Gasteiger partial charge in [0, 0.05) is 12.1 Å². The van der Waals surface area contributed by atoms with Gasteiger partial charge in [-0.2, -0.15) is 5.10 Å². The van der Waals surface area contributed by atoms with Crippen LogP contribution in [0.3, 0.4) is 0 Å². The Morgan fingerprint density at radius 1 is 1.22 bits per heavy atom. The predicted molar refractivity (Wildman–Crippen MR) is 94.5 cm³/mol. The average molecular weight is 310 g/mol. The summed E-state index contributed by atoms with van der Waals surface area (Å²) in [7, 11) is 2.24. The lowest BCUT2D eigenvalue weighted by molar-refractivity contribution is 0.182. The van der Waals surface area contributed by atoms with Crippen LogP contribution in [0, 0.1) is 13.8 Å². The van der Waals surface area contributed by atoms with E-state index in [2.05, 4.69) is 54.0 Å². The molecule has 3 heterocycles. The van der Waals surface area contributed by atoms with Crippen LogP contribution < -0.4 is 5.32 Å². The molecule has 4 heteroatoms. The molecule has 4 nitrogen and oxygen atoms in total. The summed E-state index contributed by atoms with van der Waals surface area (Å²) in [6.07, 6.45) is 4.95. The fourth-order valence-electron chi connectivity index (χ4n) is 4.11. The lowest BCUT2D eigenvalue weighted by Crippen LogP contribution is -2.30. The number of hydrogen-bond acceptors (Lipinski definition) is 3. The number of nitrogens with zero attached hydrogens (tertiary/aromatic N) is 3. The van der Waals surface area contributed by atoms with Crippen LogP contribution in [0.1, 0.15) is 47.7 Å². The summed E-state index contributed by atoms with van der Waals surface area (Å²) >= 11 is 0. The molecule has 2 aromatic rings. The van der Waals surface area contributed by atoms with E-state index in [1.165, 1.54) is 59.7 Å². The highest BCUT2D eigenvalue weighted by atomic mass is 15.4. The van der Waals surface area contributed by atoms with Gasteiger partial charge in [0.05, 0.1) is 17.4 Å². The van der Waals surface area contributed by atoms with Crippen molar-refractivity contribution in [1.29, 1.82) is 0 Å². The number of fused-ring (bicyclic) bond motifs is 1. The molecule has 1 N–H and O–H groups in total. The van der Waals surface area contributed by atoms with Crippen LogP contribution in [0.15, 0.2) is 18.2 Å². The number of benzene rings is 1. The van der Waals surface area contributed by atoms with E-state index in [9.17, 15) is 0 Å². The zero-order valence-electron chi connectivity index (χ0n) is 14.4. The highest BCUT2D eigenvalue weighted by Gasteiger charge is 2.31. The van der Waals surface area contributed by atoms with Gasteiger partial charge in [-0.1, -0.05) is 24.1 Å². The highest BCUT2D eigenvalue weighted by molar-refractivity contribution is 5.59. The molecule has 1 unspecified atom stereocenters. The lowest BCUT2D eigenvalue weighted by atomic mass is 9.97. The first-order valence-corrected chi connectivity index (χ1v) is 8.78. The number of hydrogen-bond donors (Lipinski definition) is 1. The number of nitrogens with one attached hydrogen (secondary N) is 1. The molecule has 0 saturated carbocycles. The second-order valence-corrected chi connectivity index (χ2v) is 7.08. The first-order valence-electron chi connectivity index (χ1n) is 8.78.